The first-order valence-electron chi connectivity index (χ1n) is 7.73. The number of carbonyl (C=O) groups is 2. The quantitative estimate of drug-likeness (QED) is 0.843. The molecule has 2 rings (SSSR count). The number of hydrogen-bond donors (Lipinski definition) is 2. The van der Waals surface area contributed by atoms with Crippen LogP contribution in [-0.4, -0.2) is 59.9 Å². The van der Waals surface area contributed by atoms with E-state index in [4.69, 9.17) is 5.73 Å². The number of carbonyl (C=O) groups excluding carboxylic acids is 2. The Bertz CT molecular complexity index is 577. The molecule has 0 radical (unpaired) electrons. The highest BCUT2D eigenvalue weighted by molar-refractivity contribution is 5.94. The maximum atomic E-state index is 13.1. The van der Waals surface area contributed by atoms with Crippen molar-refractivity contribution in [1.82, 2.24) is 9.80 Å². The molecule has 2 amide bonds. The molecule has 6 nitrogen and oxygen atoms in total. The van der Waals surface area contributed by atoms with Crippen molar-refractivity contribution in [2.24, 2.45) is 5.73 Å². The van der Waals surface area contributed by atoms with Gasteiger partial charge in [0.2, 0.25) is 11.8 Å². The molecule has 0 aromatic heterocycles. The van der Waals surface area contributed by atoms with E-state index in [1.54, 1.807) is 30.9 Å². The lowest BCUT2D eigenvalue weighted by atomic mass is 10.2. The molecule has 24 heavy (non-hydrogen) atoms. The van der Waals surface area contributed by atoms with Gasteiger partial charge in [-0.15, -0.1) is 12.4 Å². The van der Waals surface area contributed by atoms with E-state index >= 15 is 0 Å². The van der Waals surface area contributed by atoms with E-state index in [0.717, 1.165) is 0 Å². The summed E-state index contributed by atoms with van der Waals surface area (Å²) >= 11 is 0. The van der Waals surface area contributed by atoms with Crippen LogP contribution in [0, 0.1) is 5.82 Å². The molecule has 1 fully saturated rings. The zero-order valence-electron chi connectivity index (χ0n) is 13.9. The first-order chi connectivity index (χ1) is 10.9. The Kier molecular flexibility index (Phi) is 7.59. The Morgan fingerprint density at radius 1 is 1.21 bits per heavy atom. The molecule has 8 heteroatoms. The predicted octanol–water partition coefficient (Wildman–Crippen LogP) is 1.07. The third kappa shape index (κ3) is 5.15. The first-order valence-corrected chi connectivity index (χ1v) is 7.73. The van der Waals surface area contributed by atoms with Crippen LogP contribution in [0.4, 0.5) is 10.1 Å². The van der Waals surface area contributed by atoms with Crippen molar-refractivity contribution in [1.29, 1.82) is 0 Å². The van der Waals surface area contributed by atoms with Crippen molar-refractivity contribution in [3.63, 3.8) is 0 Å². The fraction of sp³-hybridized carbons (Fsp3) is 0.500. The largest absolute Gasteiger partial charge is 0.339 e. The van der Waals surface area contributed by atoms with E-state index in [2.05, 4.69) is 5.32 Å². The number of piperazine rings is 1. The van der Waals surface area contributed by atoms with Gasteiger partial charge in [-0.1, -0.05) is 6.07 Å². The predicted molar refractivity (Wildman–Crippen MR) is 93.5 cm³/mol. The van der Waals surface area contributed by atoms with Gasteiger partial charge in [-0.25, -0.2) is 4.39 Å². The van der Waals surface area contributed by atoms with Crippen LogP contribution in [0.3, 0.4) is 0 Å². The maximum absolute atomic E-state index is 13.1. The number of hydrogen-bond acceptors (Lipinski definition) is 4. The smallest absolute Gasteiger partial charge is 0.241 e. The molecule has 1 aliphatic heterocycles. The number of nitrogens with two attached hydrogens (primary N) is 1. The van der Waals surface area contributed by atoms with Gasteiger partial charge in [0, 0.05) is 31.9 Å². The number of anilines is 1. The SMILES string of the molecule is CC(N)C(=O)N1CCN(C(C)C(=O)Nc2cccc(F)c2)CC1.Cl. The van der Waals surface area contributed by atoms with E-state index in [1.807, 2.05) is 4.90 Å². The highest BCUT2D eigenvalue weighted by Gasteiger charge is 2.28. The van der Waals surface area contributed by atoms with E-state index in [-0.39, 0.29) is 30.3 Å². The highest BCUT2D eigenvalue weighted by atomic mass is 35.5. The zero-order valence-corrected chi connectivity index (χ0v) is 14.7. The molecule has 134 valence electrons. The number of nitrogens with one attached hydrogen (secondary N) is 1. The number of rotatable bonds is 4. The molecule has 2 unspecified atom stereocenters. The maximum Gasteiger partial charge on any atom is 0.241 e. The van der Waals surface area contributed by atoms with Crippen molar-refractivity contribution in [3.05, 3.63) is 30.1 Å². The fourth-order valence-corrected chi connectivity index (χ4v) is 2.60. The molecule has 1 aromatic carbocycles. The van der Waals surface area contributed by atoms with Gasteiger partial charge in [-0.05, 0) is 32.0 Å². The lowest BCUT2D eigenvalue weighted by Gasteiger charge is -2.38. The summed E-state index contributed by atoms with van der Waals surface area (Å²) in [6.07, 6.45) is 0. The summed E-state index contributed by atoms with van der Waals surface area (Å²) in [5.41, 5.74) is 6.05. The van der Waals surface area contributed by atoms with Crippen LogP contribution in [0.1, 0.15) is 13.8 Å². The van der Waals surface area contributed by atoms with Crippen LogP contribution in [0.25, 0.3) is 0 Å². The summed E-state index contributed by atoms with van der Waals surface area (Å²) < 4.78 is 13.1. The number of halogens is 2. The Labute approximate surface area is 147 Å². The molecular weight excluding hydrogens is 335 g/mol. The number of nitrogens with zero attached hydrogens (tertiary/aromatic N) is 2. The van der Waals surface area contributed by atoms with Gasteiger partial charge in [0.1, 0.15) is 5.82 Å². The fourth-order valence-electron chi connectivity index (χ4n) is 2.60. The van der Waals surface area contributed by atoms with E-state index in [9.17, 15) is 14.0 Å². The van der Waals surface area contributed by atoms with Gasteiger partial charge in [0.25, 0.3) is 0 Å². The highest BCUT2D eigenvalue weighted by Crippen LogP contribution is 2.12. The first kappa shape index (κ1) is 20.3. The van der Waals surface area contributed by atoms with Crippen molar-refractivity contribution in [2.45, 2.75) is 25.9 Å². The topological polar surface area (TPSA) is 78.7 Å². The molecule has 0 saturated carbocycles. The van der Waals surface area contributed by atoms with Crippen LogP contribution in [-0.2, 0) is 9.59 Å². The number of amides is 2. The van der Waals surface area contributed by atoms with Gasteiger partial charge < -0.3 is 16.0 Å². The molecular formula is C16H24ClFN4O2. The minimum atomic E-state index is -0.504. The van der Waals surface area contributed by atoms with Crippen LogP contribution < -0.4 is 11.1 Å². The van der Waals surface area contributed by atoms with Crippen LogP contribution in [0.15, 0.2) is 24.3 Å². The molecule has 0 bridgehead atoms. The van der Waals surface area contributed by atoms with Crippen molar-refractivity contribution in [2.75, 3.05) is 31.5 Å². The van der Waals surface area contributed by atoms with Crippen LogP contribution in [0.5, 0.6) is 0 Å². The Balaban J connectivity index is 0.00000288. The van der Waals surface area contributed by atoms with E-state index in [0.29, 0.717) is 31.9 Å². The Morgan fingerprint density at radius 3 is 2.38 bits per heavy atom. The standard InChI is InChI=1S/C16H23FN4O2.ClH/c1-11(18)16(23)21-8-6-20(7-9-21)12(2)15(22)19-14-5-3-4-13(17)10-14;/h3-5,10-12H,6-9,18H2,1-2H3,(H,19,22);1H. The molecule has 3 N–H and O–H groups in total. The monoisotopic (exact) mass is 358 g/mol. The summed E-state index contributed by atoms with van der Waals surface area (Å²) in [7, 11) is 0. The molecule has 1 heterocycles. The second-order valence-electron chi connectivity index (χ2n) is 5.83. The lowest BCUT2D eigenvalue weighted by Crippen LogP contribution is -2.56. The lowest BCUT2D eigenvalue weighted by molar-refractivity contribution is -0.134. The third-order valence-electron chi connectivity index (χ3n) is 4.03. The van der Waals surface area contributed by atoms with Crippen LogP contribution in [0.2, 0.25) is 0 Å². The Morgan fingerprint density at radius 2 is 1.83 bits per heavy atom. The Hall–Kier alpha value is -1.70. The summed E-state index contributed by atoms with van der Waals surface area (Å²) in [4.78, 5) is 27.8. The summed E-state index contributed by atoms with van der Waals surface area (Å²) in [5, 5.41) is 2.71. The van der Waals surface area contributed by atoms with Gasteiger partial charge >= 0.3 is 0 Å². The van der Waals surface area contributed by atoms with E-state index in [1.165, 1.54) is 12.1 Å². The zero-order chi connectivity index (χ0) is 17.0. The molecule has 1 aliphatic rings. The minimum absolute atomic E-state index is 0. The second-order valence-corrected chi connectivity index (χ2v) is 5.83. The average Bonchev–Trinajstić information content (AvgIpc) is 2.53. The van der Waals surface area contributed by atoms with Gasteiger partial charge in [-0.3, -0.25) is 14.5 Å². The number of benzene rings is 1. The summed E-state index contributed by atoms with van der Waals surface area (Å²) in [5.74, 6) is -0.650. The molecule has 2 atom stereocenters. The van der Waals surface area contributed by atoms with Crippen molar-refractivity contribution in [3.8, 4) is 0 Å². The summed E-state index contributed by atoms with van der Waals surface area (Å²) in [6, 6.07) is 4.94. The second kappa shape index (κ2) is 8.96. The normalized spacial score (nSPS) is 17.6. The van der Waals surface area contributed by atoms with Gasteiger partial charge in [0.05, 0.1) is 12.1 Å². The van der Waals surface area contributed by atoms with Crippen molar-refractivity contribution >= 4 is 29.9 Å². The molecule has 1 saturated heterocycles. The van der Waals surface area contributed by atoms with Gasteiger partial charge in [0.15, 0.2) is 0 Å². The minimum Gasteiger partial charge on any atom is -0.339 e. The van der Waals surface area contributed by atoms with Crippen LogP contribution >= 0.6 is 12.4 Å². The third-order valence-corrected chi connectivity index (χ3v) is 4.03. The molecule has 0 spiro atoms. The van der Waals surface area contributed by atoms with Crippen molar-refractivity contribution < 1.29 is 14.0 Å². The molecule has 0 aliphatic carbocycles. The average molecular weight is 359 g/mol. The van der Waals surface area contributed by atoms with E-state index < -0.39 is 11.9 Å². The molecule has 1 aromatic rings. The van der Waals surface area contributed by atoms with Gasteiger partial charge in [-0.2, -0.15) is 0 Å². The summed E-state index contributed by atoms with van der Waals surface area (Å²) in [6.45, 7) is 5.80.